The van der Waals surface area contributed by atoms with Gasteiger partial charge in [0.2, 0.25) is 0 Å². The van der Waals surface area contributed by atoms with Gasteiger partial charge in [-0.2, -0.15) is 0 Å². The summed E-state index contributed by atoms with van der Waals surface area (Å²) in [5.74, 6) is 2.60. The third-order valence-corrected chi connectivity index (χ3v) is 5.13. The van der Waals surface area contributed by atoms with Gasteiger partial charge in [-0.15, -0.1) is 0 Å². The van der Waals surface area contributed by atoms with Gasteiger partial charge in [-0.3, -0.25) is 0 Å². The van der Waals surface area contributed by atoms with Crippen LogP contribution in [0.25, 0.3) is 0 Å². The molecule has 0 aromatic heterocycles. The molecule has 0 heterocycles. The van der Waals surface area contributed by atoms with E-state index >= 15 is 0 Å². The average Bonchev–Trinajstić information content (AvgIpc) is 2.43. The van der Waals surface area contributed by atoms with E-state index in [1.165, 1.54) is 38.6 Å². The van der Waals surface area contributed by atoms with Gasteiger partial charge in [0, 0.05) is 13.7 Å². The van der Waals surface area contributed by atoms with Crippen LogP contribution in [0.15, 0.2) is 0 Å². The van der Waals surface area contributed by atoms with E-state index in [1.807, 2.05) is 0 Å². The summed E-state index contributed by atoms with van der Waals surface area (Å²) in [6, 6.07) is 0. The summed E-state index contributed by atoms with van der Waals surface area (Å²) in [5, 5.41) is 3.39. The maximum Gasteiger partial charge on any atom is 0.0700 e. The van der Waals surface area contributed by atoms with E-state index in [2.05, 4.69) is 33.1 Å². The normalized spacial score (nSPS) is 27.0. The highest BCUT2D eigenvalue weighted by Crippen LogP contribution is 2.44. The Bertz CT molecular complexity index is 262. The van der Waals surface area contributed by atoms with Crippen LogP contribution < -0.4 is 5.32 Å². The second-order valence-electron chi connectivity index (χ2n) is 7.70. The number of ether oxygens (including phenoxy) is 2. The van der Waals surface area contributed by atoms with E-state index < -0.39 is 0 Å². The Hall–Kier alpha value is -0.120. The summed E-state index contributed by atoms with van der Waals surface area (Å²) in [4.78, 5) is 0. The van der Waals surface area contributed by atoms with Gasteiger partial charge in [0.05, 0.1) is 13.2 Å². The first-order valence-corrected chi connectivity index (χ1v) is 8.70. The van der Waals surface area contributed by atoms with Crippen molar-refractivity contribution in [1.82, 2.24) is 5.32 Å². The van der Waals surface area contributed by atoms with Gasteiger partial charge < -0.3 is 14.8 Å². The zero-order valence-electron chi connectivity index (χ0n) is 14.9. The number of nitrogens with one attached hydrogen (secondary N) is 1. The van der Waals surface area contributed by atoms with E-state index in [-0.39, 0.29) is 0 Å². The van der Waals surface area contributed by atoms with Crippen molar-refractivity contribution < 1.29 is 9.47 Å². The van der Waals surface area contributed by atoms with Crippen LogP contribution in [0, 0.1) is 23.2 Å². The average molecular weight is 299 g/mol. The Balaban J connectivity index is 2.37. The summed E-state index contributed by atoms with van der Waals surface area (Å²) in [6.45, 7) is 10.7. The Morgan fingerprint density at radius 3 is 2.43 bits per heavy atom. The predicted molar refractivity (Wildman–Crippen MR) is 89.6 cm³/mol. The van der Waals surface area contributed by atoms with Crippen LogP contribution in [0.3, 0.4) is 0 Å². The molecule has 3 heteroatoms. The maximum absolute atomic E-state index is 5.61. The minimum atomic E-state index is 0.456. The van der Waals surface area contributed by atoms with Crippen molar-refractivity contribution in [2.24, 2.45) is 23.2 Å². The van der Waals surface area contributed by atoms with Crippen molar-refractivity contribution in [2.75, 3.05) is 40.5 Å². The summed E-state index contributed by atoms with van der Waals surface area (Å²) in [6.07, 6.45) is 6.68. The van der Waals surface area contributed by atoms with E-state index in [9.17, 15) is 0 Å². The molecule has 1 saturated carbocycles. The molecule has 0 saturated heterocycles. The fourth-order valence-electron chi connectivity index (χ4n) is 3.69. The Labute approximate surface area is 132 Å². The van der Waals surface area contributed by atoms with E-state index in [0.29, 0.717) is 12.0 Å². The fourth-order valence-corrected chi connectivity index (χ4v) is 3.69. The van der Waals surface area contributed by atoms with Gasteiger partial charge in [-0.05, 0) is 68.9 Å². The molecule has 21 heavy (non-hydrogen) atoms. The number of methoxy groups -OCH3 is 1. The summed E-state index contributed by atoms with van der Waals surface area (Å²) < 4.78 is 10.6. The standard InChI is InChI=1S/C18H37NO2/c1-18(2,3)17-9-8-16(14-19-4)15(13-17)7-6-10-21-12-11-20-5/h15-17,19H,6-14H2,1-5H3. The lowest BCUT2D eigenvalue weighted by Gasteiger charge is -2.42. The second-order valence-corrected chi connectivity index (χ2v) is 7.70. The Morgan fingerprint density at radius 2 is 1.81 bits per heavy atom. The largest absolute Gasteiger partial charge is 0.382 e. The third-order valence-electron chi connectivity index (χ3n) is 5.13. The molecule has 0 spiro atoms. The van der Waals surface area contributed by atoms with Crippen molar-refractivity contribution in [3.63, 3.8) is 0 Å². The SMILES string of the molecule is CNCC1CCC(C(C)(C)C)CC1CCCOCCOC. The van der Waals surface area contributed by atoms with Crippen LogP contribution >= 0.6 is 0 Å². The van der Waals surface area contributed by atoms with Crippen LogP contribution in [0.2, 0.25) is 0 Å². The smallest absolute Gasteiger partial charge is 0.0700 e. The molecule has 3 atom stereocenters. The first kappa shape index (κ1) is 18.9. The molecule has 1 N–H and O–H groups in total. The summed E-state index contributed by atoms with van der Waals surface area (Å²) in [5.41, 5.74) is 0.456. The second kappa shape index (κ2) is 9.81. The van der Waals surface area contributed by atoms with Gasteiger partial charge in [-0.25, -0.2) is 0 Å². The third kappa shape index (κ3) is 7.12. The molecular weight excluding hydrogens is 262 g/mol. The van der Waals surface area contributed by atoms with Gasteiger partial charge in [-0.1, -0.05) is 20.8 Å². The molecule has 3 nitrogen and oxygen atoms in total. The molecule has 1 rings (SSSR count). The first-order chi connectivity index (χ1) is 9.99. The monoisotopic (exact) mass is 299 g/mol. The fraction of sp³-hybridized carbons (Fsp3) is 1.00. The highest BCUT2D eigenvalue weighted by atomic mass is 16.5. The Morgan fingerprint density at radius 1 is 1.05 bits per heavy atom. The number of hydrogen-bond acceptors (Lipinski definition) is 3. The van der Waals surface area contributed by atoms with Crippen molar-refractivity contribution >= 4 is 0 Å². The summed E-state index contributed by atoms with van der Waals surface area (Å²) >= 11 is 0. The van der Waals surface area contributed by atoms with Crippen LogP contribution in [0.1, 0.15) is 52.9 Å². The molecule has 0 aromatic carbocycles. The highest BCUT2D eigenvalue weighted by Gasteiger charge is 2.35. The first-order valence-electron chi connectivity index (χ1n) is 8.70. The van der Waals surface area contributed by atoms with E-state index in [4.69, 9.17) is 9.47 Å². The Kier molecular flexibility index (Phi) is 8.84. The zero-order valence-corrected chi connectivity index (χ0v) is 14.9. The van der Waals surface area contributed by atoms with Crippen LogP contribution in [0.5, 0.6) is 0 Å². The molecule has 1 aliphatic carbocycles. The molecule has 1 fully saturated rings. The topological polar surface area (TPSA) is 30.5 Å². The van der Waals surface area contributed by atoms with Crippen LogP contribution in [-0.4, -0.2) is 40.5 Å². The van der Waals surface area contributed by atoms with Crippen molar-refractivity contribution in [3.8, 4) is 0 Å². The molecule has 0 radical (unpaired) electrons. The highest BCUT2D eigenvalue weighted by molar-refractivity contribution is 4.86. The van der Waals surface area contributed by atoms with Gasteiger partial charge in [0.15, 0.2) is 0 Å². The van der Waals surface area contributed by atoms with Crippen molar-refractivity contribution in [3.05, 3.63) is 0 Å². The lowest BCUT2D eigenvalue weighted by molar-refractivity contribution is 0.0566. The molecule has 0 bridgehead atoms. The quantitative estimate of drug-likeness (QED) is 0.658. The lowest BCUT2D eigenvalue weighted by atomic mass is 9.64. The molecule has 3 unspecified atom stereocenters. The minimum absolute atomic E-state index is 0.456. The lowest BCUT2D eigenvalue weighted by Crippen LogP contribution is -2.36. The minimum Gasteiger partial charge on any atom is -0.382 e. The van der Waals surface area contributed by atoms with E-state index in [1.54, 1.807) is 7.11 Å². The zero-order chi connectivity index (χ0) is 15.7. The van der Waals surface area contributed by atoms with Gasteiger partial charge >= 0.3 is 0 Å². The molecule has 0 aromatic rings. The molecular formula is C18H37NO2. The van der Waals surface area contributed by atoms with Gasteiger partial charge in [0.1, 0.15) is 0 Å². The van der Waals surface area contributed by atoms with Crippen LogP contribution in [-0.2, 0) is 9.47 Å². The molecule has 0 aliphatic heterocycles. The van der Waals surface area contributed by atoms with Gasteiger partial charge in [0.25, 0.3) is 0 Å². The molecule has 0 amide bonds. The summed E-state index contributed by atoms with van der Waals surface area (Å²) in [7, 11) is 3.81. The number of rotatable bonds is 9. The maximum atomic E-state index is 5.61. The van der Waals surface area contributed by atoms with E-state index in [0.717, 1.165) is 31.0 Å². The molecule has 126 valence electrons. The predicted octanol–water partition coefficient (Wildman–Crippen LogP) is 3.73. The van der Waals surface area contributed by atoms with Crippen molar-refractivity contribution in [2.45, 2.75) is 52.9 Å². The number of hydrogen-bond donors (Lipinski definition) is 1. The molecule has 1 aliphatic rings. The van der Waals surface area contributed by atoms with Crippen molar-refractivity contribution in [1.29, 1.82) is 0 Å². The van der Waals surface area contributed by atoms with Crippen LogP contribution in [0.4, 0.5) is 0 Å².